The first-order valence-electron chi connectivity index (χ1n) is 14.9. The van der Waals surface area contributed by atoms with Crippen molar-refractivity contribution in [2.24, 2.45) is 28.6 Å². The first-order valence-corrected chi connectivity index (χ1v) is 14.9. The van der Waals surface area contributed by atoms with Gasteiger partial charge in [0, 0.05) is 30.3 Å². The normalized spacial score (nSPS) is 56.9. The van der Waals surface area contributed by atoms with E-state index in [1.54, 1.807) is 0 Å². The van der Waals surface area contributed by atoms with Crippen LogP contribution in [0.4, 0.5) is 0 Å². The van der Waals surface area contributed by atoms with Gasteiger partial charge in [-0.2, -0.15) is 0 Å². The van der Waals surface area contributed by atoms with Crippen molar-refractivity contribution in [3.05, 3.63) is 11.6 Å². The molecule has 12 heteroatoms. The summed E-state index contributed by atoms with van der Waals surface area (Å²) in [5.41, 5.74) is -4.46. The van der Waals surface area contributed by atoms with Crippen LogP contribution in [0.1, 0.15) is 58.8 Å². The third kappa shape index (κ3) is 3.99. The maximum atomic E-state index is 12.4. The van der Waals surface area contributed by atoms with Crippen LogP contribution in [0.3, 0.4) is 0 Å². The second-order valence-electron chi connectivity index (χ2n) is 13.8. The Labute approximate surface area is 238 Å². The van der Waals surface area contributed by atoms with Crippen molar-refractivity contribution >= 4 is 5.97 Å². The van der Waals surface area contributed by atoms with Crippen molar-refractivity contribution in [3.8, 4) is 0 Å². The second kappa shape index (κ2) is 9.91. The topological polar surface area (TPSA) is 207 Å². The molecule has 2 heterocycles. The predicted octanol–water partition coefficient (Wildman–Crippen LogP) is -1.51. The Kier molecular flexibility index (Phi) is 7.22. The van der Waals surface area contributed by atoms with Crippen LogP contribution >= 0.6 is 0 Å². The predicted molar refractivity (Wildman–Crippen MR) is 139 cm³/mol. The van der Waals surface area contributed by atoms with Crippen LogP contribution in [0.5, 0.6) is 0 Å². The van der Waals surface area contributed by atoms with E-state index >= 15 is 0 Å². The van der Waals surface area contributed by atoms with Gasteiger partial charge in [-0.15, -0.1) is 0 Å². The van der Waals surface area contributed by atoms with Gasteiger partial charge in [0.25, 0.3) is 0 Å². The molecule has 5 fully saturated rings. The summed E-state index contributed by atoms with van der Waals surface area (Å²) >= 11 is 0. The molecule has 232 valence electrons. The summed E-state index contributed by atoms with van der Waals surface area (Å²) in [6.07, 6.45) is -6.68. The maximum absolute atomic E-state index is 12.4. The van der Waals surface area contributed by atoms with Gasteiger partial charge in [-0.3, -0.25) is 0 Å². The zero-order valence-corrected chi connectivity index (χ0v) is 23.5. The first-order chi connectivity index (χ1) is 19.2. The van der Waals surface area contributed by atoms with Crippen LogP contribution in [0.25, 0.3) is 0 Å². The van der Waals surface area contributed by atoms with Crippen molar-refractivity contribution in [1.82, 2.24) is 0 Å². The molecule has 8 N–H and O–H groups in total. The highest BCUT2D eigenvalue weighted by atomic mass is 16.7. The molecule has 0 aromatic rings. The van der Waals surface area contributed by atoms with Crippen molar-refractivity contribution in [1.29, 1.82) is 0 Å². The largest absolute Gasteiger partial charge is 0.458 e. The zero-order valence-electron chi connectivity index (χ0n) is 23.5. The SMILES string of the molecule is CC1OC(O[C@H]2C[C@@H](O)[C@]3(CO)[C@H]4[C@H](O)C[C@]5(C)[C@@H](C6=CC(=O)OC6)CC[C@]5(O)[C@@H]4CC[C@]3(O)C2)C(O)C(O)C1O. The van der Waals surface area contributed by atoms with Crippen LogP contribution in [0, 0.1) is 28.6 Å². The molecule has 0 amide bonds. The molecule has 0 bridgehead atoms. The molecule has 0 radical (unpaired) electrons. The Morgan fingerprint density at radius 3 is 2.41 bits per heavy atom. The lowest BCUT2D eigenvalue weighted by Gasteiger charge is -2.68. The second-order valence-corrected chi connectivity index (χ2v) is 13.8. The summed E-state index contributed by atoms with van der Waals surface area (Å²) in [5, 5.41) is 89.6. The Balaban J connectivity index is 1.28. The number of hydrogen-bond acceptors (Lipinski definition) is 12. The lowest BCUT2D eigenvalue weighted by molar-refractivity contribution is -0.342. The van der Waals surface area contributed by atoms with E-state index in [0.29, 0.717) is 19.3 Å². The standard InChI is InChI=1S/C29H44O12/c1-13-22(34)23(35)24(36)25(40-13)41-15-8-19(32)28(12-30)21-17(3-5-27(28,37)9-15)29(38)6-4-16(14-7-20(33)39-11-14)26(29,2)10-18(21)31/h7,13,15-19,21-25,30-32,34-38H,3-6,8-12H2,1-2H3/t13?,15-,16+,17+,18+,19+,21+,22?,23?,24?,25?,26+,27-,28+,29-/m0/s1. The number of hydrogen-bond donors (Lipinski definition) is 8. The fraction of sp³-hybridized carbons (Fsp3) is 0.897. The van der Waals surface area contributed by atoms with E-state index in [2.05, 4.69) is 0 Å². The third-order valence-electron chi connectivity index (χ3n) is 12.2. The highest BCUT2D eigenvalue weighted by molar-refractivity contribution is 5.85. The Bertz CT molecular complexity index is 1080. The Morgan fingerprint density at radius 1 is 1.02 bits per heavy atom. The van der Waals surface area contributed by atoms with Crippen molar-refractivity contribution in [2.45, 2.75) is 119 Å². The number of aliphatic hydroxyl groups excluding tert-OH is 6. The molecule has 41 heavy (non-hydrogen) atoms. The summed E-state index contributed by atoms with van der Waals surface area (Å²) in [5.74, 6) is -1.93. The number of carbonyl (C=O) groups is 1. The minimum atomic E-state index is -1.67. The number of cyclic esters (lactones) is 1. The van der Waals surface area contributed by atoms with Crippen LogP contribution in [-0.4, -0.2) is 120 Å². The Morgan fingerprint density at radius 2 is 1.76 bits per heavy atom. The van der Waals surface area contributed by atoms with E-state index in [1.807, 2.05) is 6.92 Å². The molecule has 0 aromatic carbocycles. The quantitative estimate of drug-likeness (QED) is 0.140. The molecule has 6 aliphatic rings. The van der Waals surface area contributed by atoms with Gasteiger partial charge < -0.3 is 55.1 Å². The number of fused-ring (bicyclic) bond motifs is 5. The average molecular weight is 585 g/mol. The monoisotopic (exact) mass is 584 g/mol. The molecule has 0 spiro atoms. The minimum absolute atomic E-state index is 0.0369. The van der Waals surface area contributed by atoms with E-state index in [9.17, 15) is 45.6 Å². The van der Waals surface area contributed by atoms with Gasteiger partial charge in [-0.05, 0) is 56.4 Å². The number of aliphatic hydroxyl groups is 8. The fourth-order valence-corrected chi connectivity index (χ4v) is 10.1. The van der Waals surface area contributed by atoms with Gasteiger partial charge in [0.2, 0.25) is 0 Å². The van der Waals surface area contributed by atoms with Crippen LogP contribution in [-0.2, 0) is 19.0 Å². The fourth-order valence-electron chi connectivity index (χ4n) is 10.1. The minimum Gasteiger partial charge on any atom is -0.458 e. The Hall–Kier alpha value is -1.19. The van der Waals surface area contributed by atoms with Crippen LogP contribution in [0.15, 0.2) is 11.6 Å². The van der Waals surface area contributed by atoms with E-state index in [0.717, 1.165) is 5.57 Å². The average Bonchev–Trinajstić information content (AvgIpc) is 3.45. The zero-order chi connectivity index (χ0) is 29.7. The summed E-state index contributed by atoms with van der Waals surface area (Å²) < 4.78 is 16.7. The van der Waals surface area contributed by atoms with Crippen molar-refractivity contribution in [3.63, 3.8) is 0 Å². The van der Waals surface area contributed by atoms with Crippen molar-refractivity contribution < 1.29 is 59.9 Å². The molecule has 12 nitrogen and oxygen atoms in total. The van der Waals surface area contributed by atoms with Gasteiger partial charge in [-0.1, -0.05) is 6.92 Å². The maximum Gasteiger partial charge on any atom is 0.331 e. The lowest BCUT2D eigenvalue weighted by atomic mass is 9.40. The highest BCUT2D eigenvalue weighted by Gasteiger charge is 2.75. The van der Waals surface area contributed by atoms with E-state index < -0.39 is 95.5 Å². The molecule has 2 aliphatic heterocycles. The lowest BCUT2D eigenvalue weighted by Crippen LogP contribution is -2.76. The smallest absolute Gasteiger partial charge is 0.331 e. The summed E-state index contributed by atoms with van der Waals surface area (Å²) in [6.45, 7) is 3.00. The molecule has 15 atom stereocenters. The molecule has 1 saturated heterocycles. The third-order valence-corrected chi connectivity index (χ3v) is 12.2. The van der Waals surface area contributed by atoms with Gasteiger partial charge >= 0.3 is 5.97 Å². The molecule has 5 unspecified atom stereocenters. The van der Waals surface area contributed by atoms with Gasteiger partial charge in [0.1, 0.15) is 24.9 Å². The van der Waals surface area contributed by atoms with E-state index in [1.165, 1.54) is 13.0 Å². The van der Waals surface area contributed by atoms with Crippen LogP contribution in [0.2, 0.25) is 0 Å². The van der Waals surface area contributed by atoms with Gasteiger partial charge in [0.15, 0.2) is 6.29 Å². The summed E-state index contributed by atoms with van der Waals surface area (Å²) in [7, 11) is 0. The number of esters is 1. The van der Waals surface area contributed by atoms with Crippen molar-refractivity contribution in [2.75, 3.05) is 13.2 Å². The molecule has 6 rings (SSSR count). The molecule has 4 aliphatic carbocycles. The van der Waals surface area contributed by atoms with Gasteiger partial charge in [-0.25, -0.2) is 4.79 Å². The number of carbonyl (C=O) groups excluding carboxylic acids is 1. The number of ether oxygens (including phenoxy) is 3. The van der Waals surface area contributed by atoms with E-state index in [-0.39, 0.29) is 38.2 Å². The number of rotatable bonds is 4. The molecule has 4 saturated carbocycles. The summed E-state index contributed by atoms with van der Waals surface area (Å²) in [4.78, 5) is 11.8. The molecular weight excluding hydrogens is 540 g/mol. The summed E-state index contributed by atoms with van der Waals surface area (Å²) in [6, 6.07) is 0. The first kappa shape index (κ1) is 29.9. The van der Waals surface area contributed by atoms with Crippen LogP contribution < -0.4 is 0 Å². The highest BCUT2D eigenvalue weighted by Crippen LogP contribution is 2.70. The molecular formula is C29H44O12. The van der Waals surface area contributed by atoms with E-state index in [4.69, 9.17) is 14.2 Å². The van der Waals surface area contributed by atoms with Gasteiger partial charge in [0.05, 0.1) is 47.6 Å². The molecule has 0 aromatic heterocycles.